The molecule has 0 unspecified atom stereocenters. The summed E-state index contributed by atoms with van der Waals surface area (Å²) in [5, 5.41) is 0. The molecule has 18 heavy (non-hydrogen) atoms. The van der Waals surface area contributed by atoms with Crippen LogP contribution in [-0.2, 0) is 9.47 Å². The van der Waals surface area contributed by atoms with E-state index in [1.54, 1.807) is 26.2 Å². The van der Waals surface area contributed by atoms with Gasteiger partial charge in [-0.1, -0.05) is 0 Å². The molecule has 0 fully saturated rings. The van der Waals surface area contributed by atoms with Crippen LogP contribution in [0.25, 0.3) is 0 Å². The van der Waals surface area contributed by atoms with Crippen molar-refractivity contribution in [1.82, 2.24) is 0 Å². The van der Waals surface area contributed by atoms with E-state index in [1.165, 1.54) is 0 Å². The van der Waals surface area contributed by atoms with Crippen LogP contribution in [-0.4, -0.2) is 32.9 Å². The van der Waals surface area contributed by atoms with Crippen molar-refractivity contribution in [2.75, 3.05) is 26.9 Å². The highest BCUT2D eigenvalue weighted by Gasteiger charge is 2.17. The van der Waals surface area contributed by atoms with E-state index >= 15 is 0 Å². The zero-order valence-electron chi connectivity index (χ0n) is 10.2. The first kappa shape index (κ1) is 15.5. The number of esters is 1. The van der Waals surface area contributed by atoms with E-state index < -0.39 is 0 Å². The first-order chi connectivity index (χ1) is 8.61. The van der Waals surface area contributed by atoms with Crippen molar-refractivity contribution in [3.8, 4) is 5.75 Å². The van der Waals surface area contributed by atoms with Gasteiger partial charge in [0, 0.05) is 7.11 Å². The highest BCUT2D eigenvalue weighted by atomic mass is 79.9. The molecule has 0 amide bonds. The highest BCUT2D eigenvalue weighted by Crippen LogP contribution is 2.36. The van der Waals surface area contributed by atoms with Crippen molar-refractivity contribution in [1.29, 1.82) is 0 Å². The van der Waals surface area contributed by atoms with Gasteiger partial charge in [-0.15, -0.1) is 0 Å². The van der Waals surface area contributed by atoms with Gasteiger partial charge < -0.3 is 14.2 Å². The minimum absolute atomic E-state index is 0.335. The van der Waals surface area contributed by atoms with E-state index in [0.717, 1.165) is 4.47 Å². The van der Waals surface area contributed by atoms with Crippen LogP contribution in [0.3, 0.4) is 0 Å². The number of benzene rings is 1. The Morgan fingerprint density at radius 1 is 1.28 bits per heavy atom. The minimum atomic E-state index is -0.381. The Morgan fingerprint density at radius 3 is 2.61 bits per heavy atom. The number of halogens is 2. The summed E-state index contributed by atoms with van der Waals surface area (Å²) in [7, 11) is 1.60. The molecule has 4 nitrogen and oxygen atoms in total. The summed E-state index contributed by atoms with van der Waals surface area (Å²) in [6.07, 6.45) is 0. The Balaban J connectivity index is 2.95. The lowest BCUT2D eigenvalue weighted by molar-refractivity contribution is 0.0524. The van der Waals surface area contributed by atoms with E-state index in [0.29, 0.717) is 35.6 Å². The van der Waals surface area contributed by atoms with Crippen molar-refractivity contribution in [3.05, 3.63) is 26.6 Å². The predicted molar refractivity (Wildman–Crippen MR) is 75.2 cm³/mol. The largest absolute Gasteiger partial charge is 0.489 e. The number of rotatable bonds is 6. The SMILES string of the molecule is CCOC(=O)c1ccc(Br)c(OCCOC)c1Br. The summed E-state index contributed by atoms with van der Waals surface area (Å²) in [6, 6.07) is 3.43. The molecule has 0 radical (unpaired) electrons. The fraction of sp³-hybridized carbons (Fsp3) is 0.417. The van der Waals surface area contributed by atoms with Crippen LogP contribution in [0.15, 0.2) is 21.1 Å². The molecule has 0 saturated heterocycles. The maximum atomic E-state index is 11.7. The number of hydrogen-bond acceptors (Lipinski definition) is 4. The van der Waals surface area contributed by atoms with Crippen molar-refractivity contribution < 1.29 is 19.0 Å². The monoisotopic (exact) mass is 380 g/mol. The molecular weight excluding hydrogens is 368 g/mol. The van der Waals surface area contributed by atoms with Crippen LogP contribution in [0.4, 0.5) is 0 Å². The Labute approximate surface area is 123 Å². The first-order valence-corrected chi connectivity index (χ1v) is 6.97. The van der Waals surface area contributed by atoms with Gasteiger partial charge in [-0.25, -0.2) is 4.79 Å². The lowest BCUT2D eigenvalue weighted by Crippen LogP contribution is -2.09. The van der Waals surface area contributed by atoms with E-state index in [4.69, 9.17) is 14.2 Å². The first-order valence-electron chi connectivity index (χ1n) is 5.38. The molecule has 0 spiro atoms. The summed E-state index contributed by atoms with van der Waals surface area (Å²) >= 11 is 6.73. The van der Waals surface area contributed by atoms with Gasteiger partial charge in [-0.2, -0.15) is 0 Å². The Bertz CT molecular complexity index is 421. The summed E-state index contributed by atoms with van der Waals surface area (Å²) in [5.41, 5.74) is 0.437. The van der Waals surface area contributed by atoms with Gasteiger partial charge in [0.2, 0.25) is 0 Å². The minimum Gasteiger partial charge on any atom is -0.489 e. The van der Waals surface area contributed by atoms with Crippen LogP contribution < -0.4 is 4.74 Å². The molecule has 1 aromatic rings. The number of carbonyl (C=O) groups excluding carboxylic acids is 1. The van der Waals surface area contributed by atoms with Crippen LogP contribution in [0, 0.1) is 0 Å². The fourth-order valence-electron chi connectivity index (χ4n) is 1.26. The highest BCUT2D eigenvalue weighted by molar-refractivity contribution is 9.11. The molecule has 1 aromatic carbocycles. The molecule has 0 aromatic heterocycles. The second-order valence-corrected chi connectivity index (χ2v) is 4.95. The molecule has 0 N–H and O–H groups in total. The van der Waals surface area contributed by atoms with Gasteiger partial charge in [-0.05, 0) is 50.9 Å². The van der Waals surface area contributed by atoms with Gasteiger partial charge in [0.25, 0.3) is 0 Å². The number of carbonyl (C=O) groups is 1. The average Bonchev–Trinajstić information content (AvgIpc) is 2.33. The van der Waals surface area contributed by atoms with Gasteiger partial charge in [-0.3, -0.25) is 0 Å². The number of ether oxygens (including phenoxy) is 3. The topological polar surface area (TPSA) is 44.8 Å². The molecule has 0 aliphatic heterocycles. The standard InChI is InChI=1S/C12H14Br2O4/c1-3-17-12(15)8-4-5-9(13)11(10(8)14)18-7-6-16-2/h4-5H,3,6-7H2,1-2H3. The summed E-state index contributed by atoms with van der Waals surface area (Å²) in [6.45, 7) is 2.98. The lowest BCUT2D eigenvalue weighted by Gasteiger charge is -2.12. The smallest absolute Gasteiger partial charge is 0.339 e. The lowest BCUT2D eigenvalue weighted by atomic mass is 10.2. The quantitative estimate of drug-likeness (QED) is 0.559. The van der Waals surface area contributed by atoms with Gasteiger partial charge in [0.1, 0.15) is 12.4 Å². The Morgan fingerprint density at radius 2 is 2.00 bits per heavy atom. The maximum Gasteiger partial charge on any atom is 0.339 e. The van der Waals surface area contributed by atoms with Crippen LogP contribution in [0.1, 0.15) is 17.3 Å². The maximum absolute atomic E-state index is 11.7. The summed E-state index contributed by atoms with van der Waals surface area (Å²) in [4.78, 5) is 11.7. The molecule has 0 aliphatic carbocycles. The molecule has 1 rings (SSSR count). The zero-order valence-corrected chi connectivity index (χ0v) is 13.3. The van der Waals surface area contributed by atoms with E-state index in [2.05, 4.69) is 31.9 Å². The third kappa shape index (κ3) is 3.96. The zero-order chi connectivity index (χ0) is 13.5. The molecule has 0 atom stereocenters. The normalized spacial score (nSPS) is 10.2. The van der Waals surface area contributed by atoms with Gasteiger partial charge in [0.05, 0.1) is 27.7 Å². The molecule has 0 saturated carbocycles. The number of methoxy groups -OCH3 is 1. The average molecular weight is 382 g/mol. The van der Waals surface area contributed by atoms with Gasteiger partial charge >= 0.3 is 5.97 Å². The Hall–Kier alpha value is -0.590. The van der Waals surface area contributed by atoms with Crippen molar-refractivity contribution >= 4 is 37.8 Å². The molecule has 0 bridgehead atoms. The third-order valence-corrected chi connectivity index (χ3v) is 3.49. The van der Waals surface area contributed by atoms with Crippen molar-refractivity contribution in [3.63, 3.8) is 0 Å². The van der Waals surface area contributed by atoms with Gasteiger partial charge in [0.15, 0.2) is 0 Å². The van der Waals surface area contributed by atoms with Crippen molar-refractivity contribution in [2.45, 2.75) is 6.92 Å². The van der Waals surface area contributed by atoms with Crippen LogP contribution in [0.5, 0.6) is 5.75 Å². The fourth-order valence-corrected chi connectivity index (χ4v) is 2.59. The summed E-state index contributed by atoms with van der Waals surface area (Å²) in [5.74, 6) is 0.186. The molecule has 0 aliphatic rings. The second kappa shape index (κ2) is 7.76. The molecule has 6 heteroatoms. The van der Waals surface area contributed by atoms with Crippen LogP contribution in [0.2, 0.25) is 0 Å². The predicted octanol–water partition coefficient (Wildman–Crippen LogP) is 3.41. The number of hydrogen-bond donors (Lipinski definition) is 0. The van der Waals surface area contributed by atoms with E-state index in [9.17, 15) is 4.79 Å². The second-order valence-electron chi connectivity index (χ2n) is 3.30. The van der Waals surface area contributed by atoms with E-state index in [-0.39, 0.29) is 5.97 Å². The Kier molecular flexibility index (Phi) is 6.67. The summed E-state index contributed by atoms with van der Waals surface area (Å²) < 4.78 is 16.8. The molecule has 100 valence electrons. The molecular formula is C12H14Br2O4. The van der Waals surface area contributed by atoms with Crippen molar-refractivity contribution in [2.24, 2.45) is 0 Å². The van der Waals surface area contributed by atoms with E-state index in [1.807, 2.05) is 0 Å². The van der Waals surface area contributed by atoms with Crippen LogP contribution >= 0.6 is 31.9 Å². The third-order valence-electron chi connectivity index (χ3n) is 2.08. The molecule has 0 heterocycles.